The fourth-order valence-corrected chi connectivity index (χ4v) is 3.62. The van der Waals surface area contributed by atoms with Gasteiger partial charge in [-0.2, -0.15) is 0 Å². The summed E-state index contributed by atoms with van der Waals surface area (Å²) in [6.45, 7) is 4.71. The zero-order chi connectivity index (χ0) is 19.0. The van der Waals surface area contributed by atoms with E-state index in [0.29, 0.717) is 16.8 Å². The van der Waals surface area contributed by atoms with Gasteiger partial charge < -0.3 is 9.77 Å². The molecule has 4 rings (SSSR count). The molecule has 134 valence electrons. The molecule has 1 aromatic heterocycles. The second-order valence-corrected chi connectivity index (χ2v) is 6.59. The van der Waals surface area contributed by atoms with Gasteiger partial charge in [0.05, 0.1) is 5.71 Å². The number of rotatable bonds is 4. The molecule has 4 heteroatoms. The predicted octanol–water partition coefficient (Wildman–Crippen LogP) is 5.24. The van der Waals surface area contributed by atoms with Crippen molar-refractivity contribution in [3.63, 3.8) is 0 Å². The van der Waals surface area contributed by atoms with Crippen molar-refractivity contribution in [3.05, 3.63) is 83.4 Å². The second-order valence-electron chi connectivity index (χ2n) is 6.59. The molecule has 1 heterocycles. The van der Waals surface area contributed by atoms with Crippen LogP contribution < -0.4 is 0 Å². The molecule has 0 saturated heterocycles. The zero-order valence-electron chi connectivity index (χ0n) is 15.3. The Balaban J connectivity index is 1.96. The first-order valence-corrected chi connectivity index (χ1v) is 8.99. The van der Waals surface area contributed by atoms with Gasteiger partial charge in [0.15, 0.2) is 5.78 Å². The van der Waals surface area contributed by atoms with E-state index in [-0.39, 0.29) is 5.78 Å². The van der Waals surface area contributed by atoms with Crippen LogP contribution in [0, 0.1) is 0 Å². The molecule has 1 N–H and O–H groups in total. The highest BCUT2D eigenvalue weighted by Gasteiger charge is 2.15. The fourth-order valence-electron chi connectivity index (χ4n) is 3.62. The van der Waals surface area contributed by atoms with Crippen LogP contribution in [0.15, 0.2) is 71.9 Å². The summed E-state index contributed by atoms with van der Waals surface area (Å²) in [4.78, 5) is 12.9. The van der Waals surface area contributed by atoms with Crippen molar-refractivity contribution < 1.29 is 10.0 Å². The SMILES string of the molecule is CCn1c2ccc(C(=O)c3ccccc3)cc2c2cc(C(C)=NO)ccc21. The van der Waals surface area contributed by atoms with Crippen molar-refractivity contribution in [3.8, 4) is 0 Å². The van der Waals surface area contributed by atoms with Crippen molar-refractivity contribution in [1.29, 1.82) is 0 Å². The van der Waals surface area contributed by atoms with E-state index in [1.165, 1.54) is 0 Å². The van der Waals surface area contributed by atoms with Crippen LogP contribution in [0.25, 0.3) is 21.8 Å². The molecule has 0 atom stereocenters. The van der Waals surface area contributed by atoms with Crippen LogP contribution in [-0.4, -0.2) is 21.3 Å². The quantitative estimate of drug-likeness (QED) is 0.235. The van der Waals surface area contributed by atoms with Crippen molar-refractivity contribution in [2.45, 2.75) is 20.4 Å². The third-order valence-electron chi connectivity index (χ3n) is 5.05. The molecular weight excluding hydrogens is 336 g/mol. The van der Waals surface area contributed by atoms with Crippen LogP contribution in [0.3, 0.4) is 0 Å². The zero-order valence-corrected chi connectivity index (χ0v) is 15.3. The minimum Gasteiger partial charge on any atom is -0.411 e. The molecule has 0 aliphatic carbocycles. The molecule has 27 heavy (non-hydrogen) atoms. The number of aryl methyl sites for hydroxylation is 1. The average Bonchev–Trinajstić information content (AvgIpc) is 3.05. The topological polar surface area (TPSA) is 54.6 Å². The second kappa shape index (κ2) is 6.72. The van der Waals surface area contributed by atoms with Gasteiger partial charge in [-0.25, -0.2) is 0 Å². The van der Waals surface area contributed by atoms with Crippen LogP contribution in [0.5, 0.6) is 0 Å². The highest BCUT2D eigenvalue weighted by Crippen LogP contribution is 2.31. The van der Waals surface area contributed by atoms with E-state index in [1.807, 2.05) is 66.7 Å². The van der Waals surface area contributed by atoms with Crippen molar-refractivity contribution >= 4 is 33.3 Å². The summed E-state index contributed by atoms with van der Waals surface area (Å²) >= 11 is 0. The number of carbonyl (C=O) groups excluding carboxylic acids is 1. The number of oxime groups is 1. The van der Waals surface area contributed by atoms with E-state index in [1.54, 1.807) is 6.92 Å². The summed E-state index contributed by atoms with van der Waals surface area (Å²) < 4.78 is 2.23. The van der Waals surface area contributed by atoms with E-state index in [4.69, 9.17) is 5.21 Å². The van der Waals surface area contributed by atoms with E-state index < -0.39 is 0 Å². The number of fused-ring (bicyclic) bond motifs is 3. The molecule has 4 aromatic rings. The third-order valence-corrected chi connectivity index (χ3v) is 5.05. The van der Waals surface area contributed by atoms with Crippen LogP contribution >= 0.6 is 0 Å². The lowest BCUT2D eigenvalue weighted by Gasteiger charge is -2.04. The lowest BCUT2D eigenvalue weighted by molar-refractivity contribution is 0.103. The predicted molar refractivity (Wildman–Crippen MR) is 109 cm³/mol. The smallest absolute Gasteiger partial charge is 0.193 e. The van der Waals surface area contributed by atoms with Gasteiger partial charge in [-0.05, 0) is 49.7 Å². The van der Waals surface area contributed by atoms with Gasteiger partial charge in [0.2, 0.25) is 0 Å². The Bertz CT molecular complexity index is 1190. The van der Waals surface area contributed by atoms with Crippen LogP contribution in [0.1, 0.15) is 35.3 Å². The number of aromatic nitrogens is 1. The molecule has 0 radical (unpaired) electrons. The lowest BCUT2D eigenvalue weighted by Crippen LogP contribution is -2.01. The molecule has 0 amide bonds. The Hall–Kier alpha value is -3.40. The first kappa shape index (κ1) is 17.0. The molecule has 0 saturated carbocycles. The maximum absolute atomic E-state index is 12.9. The van der Waals surface area contributed by atoms with Gasteiger partial charge >= 0.3 is 0 Å². The number of hydrogen-bond acceptors (Lipinski definition) is 3. The number of carbonyl (C=O) groups is 1. The van der Waals surface area contributed by atoms with E-state index in [2.05, 4.69) is 16.6 Å². The molecule has 0 aliphatic heterocycles. The molecule has 0 fully saturated rings. The van der Waals surface area contributed by atoms with Crippen molar-refractivity contribution in [2.75, 3.05) is 0 Å². The van der Waals surface area contributed by atoms with Gasteiger partial charge in [0.1, 0.15) is 0 Å². The minimum absolute atomic E-state index is 0.0131. The minimum atomic E-state index is 0.0131. The largest absolute Gasteiger partial charge is 0.411 e. The monoisotopic (exact) mass is 356 g/mol. The van der Waals surface area contributed by atoms with Crippen molar-refractivity contribution in [1.82, 2.24) is 4.57 Å². The standard InChI is InChI=1S/C23H20N2O2/c1-3-25-21-11-9-17(15(2)24-27)13-19(21)20-14-18(10-12-22(20)25)23(26)16-7-5-4-6-8-16/h4-14,27H,3H2,1-2H3. The molecule has 0 aliphatic rings. The summed E-state index contributed by atoms with van der Waals surface area (Å²) in [6.07, 6.45) is 0. The summed E-state index contributed by atoms with van der Waals surface area (Å²) in [5, 5.41) is 14.5. The Morgan fingerprint density at radius 3 is 2.07 bits per heavy atom. The van der Waals surface area contributed by atoms with Crippen molar-refractivity contribution in [2.24, 2.45) is 5.16 Å². The highest BCUT2D eigenvalue weighted by atomic mass is 16.4. The first-order valence-electron chi connectivity index (χ1n) is 8.99. The highest BCUT2D eigenvalue weighted by molar-refractivity contribution is 6.15. The third kappa shape index (κ3) is 2.79. The Morgan fingerprint density at radius 2 is 1.48 bits per heavy atom. The van der Waals surface area contributed by atoms with Crippen LogP contribution in [0.4, 0.5) is 0 Å². The number of benzene rings is 3. The number of hydrogen-bond donors (Lipinski definition) is 1. The number of ketones is 1. The maximum atomic E-state index is 12.9. The molecule has 4 nitrogen and oxygen atoms in total. The van der Waals surface area contributed by atoms with E-state index in [0.717, 1.165) is 33.9 Å². The summed E-state index contributed by atoms with van der Waals surface area (Å²) in [7, 11) is 0. The number of nitrogens with zero attached hydrogens (tertiary/aromatic N) is 2. The molecule has 0 bridgehead atoms. The van der Waals surface area contributed by atoms with Gasteiger partial charge in [0, 0.05) is 39.5 Å². The fraction of sp³-hybridized carbons (Fsp3) is 0.130. The summed E-state index contributed by atoms with van der Waals surface area (Å²) in [5.41, 5.74) is 4.96. The average molecular weight is 356 g/mol. The van der Waals surface area contributed by atoms with Gasteiger partial charge in [0.25, 0.3) is 0 Å². The molecule has 0 unspecified atom stereocenters. The van der Waals surface area contributed by atoms with Crippen LogP contribution in [-0.2, 0) is 6.54 Å². The van der Waals surface area contributed by atoms with Gasteiger partial charge in [-0.1, -0.05) is 41.6 Å². The Kier molecular flexibility index (Phi) is 4.24. The lowest BCUT2D eigenvalue weighted by atomic mass is 10.0. The van der Waals surface area contributed by atoms with E-state index >= 15 is 0 Å². The summed E-state index contributed by atoms with van der Waals surface area (Å²) in [5.74, 6) is 0.0131. The maximum Gasteiger partial charge on any atom is 0.193 e. The Labute approximate surface area is 157 Å². The van der Waals surface area contributed by atoms with E-state index in [9.17, 15) is 4.79 Å². The van der Waals surface area contributed by atoms with Gasteiger partial charge in [-0.3, -0.25) is 4.79 Å². The molecular formula is C23H20N2O2. The van der Waals surface area contributed by atoms with Crippen LogP contribution in [0.2, 0.25) is 0 Å². The normalized spacial score (nSPS) is 12.0. The summed E-state index contributed by atoms with van der Waals surface area (Å²) in [6, 6.07) is 21.2. The van der Waals surface area contributed by atoms with Gasteiger partial charge in [-0.15, -0.1) is 0 Å². The first-order chi connectivity index (χ1) is 13.1. The molecule has 0 spiro atoms. The molecule has 3 aromatic carbocycles. The Morgan fingerprint density at radius 1 is 0.889 bits per heavy atom.